The van der Waals surface area contributed by atoms with Crippen LogP contribution in [0.3, 0.4) is 0 Å². The van der Waals surface area contributed by atoms with Gasteiger partial charge in [-0.3, -0.25) is 19.5 Å². The fourth-order valence-electron chi connectivity index (χ4n) is 8.86. The highest BCUT2D eigenvalue weighted by molar-refractivity contribution is 6.01. The average Bonchev–Trinajstić information content (AvgIpc) is 3.39. The van der Waals surface area contributed by atoms with Crippen molar-refractivity contribution in [2.45, 2.75) is 63.0 Å². The second-order valence-corrected chi connectivity index (χ2v) is 12.3. The Morgan fingerprint density at radius 1 is 1.22 bits per heavy atom. The van der Waals surface area contributed by atoms with Crippen LogP contribution in [0.1, 0.15) is 33.1 Å². The highest BCUT2D eigenvalue weighted by atomic mass is 19.4. The number of rotatable bonds is 4. The number of Topliss-reactive ketones (excluding diaryl/α,β-unsaturated/α-hetero) is 1. The number of halogens is 5. The van der Waals surface area contributed by atoms with E-state index in [0.717, 1.165) is 18.2 Å². The highest BCUT2D eigenvalue weighted by Crippen LogP contribution is 2.72. The molecule has 0 radical (unpaired) electrons. The summed E-state index contributed by atoms with van der Waals surface area (Å²) >= 11 is 0. The summed E-state index contributed by atoms with van der Waals surface area (Å²) in [5.41, 5.74) is -6.82. The number of ketones is 2. The SMILES string of the molecule is C[C@]12C=CC(=O)C=C1[C@@H](F)C[C@H]1[C@@H]3C[C@H]4CN(c5cccc(OC(F)(F)F)c5)O[C@@]4(C(=O)CO)[C@@]3(C)C[C@H](O)[C@@]12F. The Balaban J connectivity index is 1.40. The number of aliphatic hydroxyl groups is 2. The molecule has 0 amide bonds. The largest absolute Gasteiger partial charge is 0.573 e. The number of allylic oxidation sites excluding steroid dienone is 4. The number of carbonyl (C=O) groups excluding carboxylic acids is 2. The number of hydroxylamine groups is 1. The van der Waals surface area contributed by atoms with E-state index in [9.17, 15) is 33.0 Å². The number of nitrogens with zero attached hydrogens (tertiary/aromatic N) is 1. The van der Waals surface area contributed by atoms with Crippen molar-refractivity contribution in [2.24, 2.45) is 28.6 Å². The van der Waals surface area contributed by atoms with Crippen molar-refractivity contribution in [3.05, 3.63) is 48.1 Å². The summed E-state index contributed by atoms with van der Waals surface area (Å²) in [5, 5.41) is 22.8. The average molecular weight is 584 g/mol. The lowest BCUT2D eigenvalue weighted by Crippen LogP contribution is -2.70. The van der Waals surface area contributed by atoms with Crippen molar-refractivity contribution < 1.29 is 51.3 Å². The molecule has 4 fully saturated rings. The van der Waals surface area contributed by atoms with Gasteiger partial charge in [0.2, 0.25) is 0 Å². The van der Waals surface area contributed by atoms with Gasteiger partial charge in [-0.15, -0.1) is 13.2 Å². The number of carbonyl (C=O) groups is 2. The minimum atomic E-state index is -4.92. The molecule has 0 spiro atoms. The predicted molar refractivity (Wildman–Crippen MR) is 134 cm³/mol. The first-order valence-corrected chi connectivity index (χ1v) is 13.5. The smallest absolute Gasteiger partial charge is 0.406 e. The lowest BCUT2D eigenvalue weighted by molar-refractivity contribution is -0.274. The Bertz CT molecular complexity index is 1370. The van der Waals surface area contributed by atoms with Gasteiger partial charge in [0.25, 0.3) is 0 Å². The van der Waals surface area contributed by atoms with E-state index in [1.807, 2.05) is 0 Å². The van der Waals surface area contributed by atoms with E-state index in [4.69, 9.17) is 4.84 Å². The molecule has 4 aliphatic carbocycles. The van der Waals surface area contributed by atoms with Crippen molar-refractivity contribution in [3.8, 4) is 5.75 Å². The molecule has 1 aliphatic heterocycles. The molecule has 0 unspecified atom stereocenters. The van der Waals surface area contributed by atoms with Crippen LogP contribution < -0.4 is 9.80 Å². The normalized spacial score (nSPS) is 43.1. The topological polar surface area (TPSA) is 96.3 Å². The van der Waals surface area contributed by atoms with Gasteiger partial charge in [0.05, 0.1) is 18.3 Å². The molecule has 5 aliphatic rings. The summed E-state index contributed by atoms with van der Waals surface area (Å²) in [4.78, 5) is 31.9. The molecule has 0 bridgehead atoms. The van der Waals surface area contributed by atoms with Crippen molar-refractivity contribution in [1.82, 2.24) is 0 Å². The third-order valence-electron chi connectivity index (χ3n) is 10.5. The van der Waals surface area contributed by atoms with Crippen LogP contribution in [0.4, 0.5) is 27.6 Å². The Kier molecular flexibility index (Phi) is 6.10. The molecular weight excluding hydrogens is 553 g/mol. The molecule has 2 N–H and O–H groups in total. The summed E-state index contributed by atoms with van der Waals surface area (Å²) < 4.78 is 75.6. The summed E-state index contributed by atoms with van der Waals surface area (Å²) in [5.74, 6) is -4.02. The van der Waals surface area contributed by atoms with Gasteiger partial charge in [-0.05, 0) is 62.0 Å². The van der Waals surface area contributed by atoms with Gasteiger partial charge < -0.3 is 14.9 Å². The van der Waals surface area contributed by atoms with Crippen LogP contribution in [0.2, 0.25) is 0 Å². The van der Waals surface area contributed by atoms with E-state index in [-0.39, 0.29) is 37.1 Å². The molecule has 41 heavy (non-hydrogen) atoms. The predicted octanol–water partition coefficient (Wildman–Crippen LogP) is 4.18. The van der Waals surface area contributed by atoms with Gasteiger partial charge in [0.1, 0.15) is 18.5 Å². The number of hydrogen-bond acceptors (Lipinski definition) is 7. The van der Waals surface area contributed by atoms with Crippen LogP contribution >= 0.6 is 0 Å². The van der Waals surface area contributed by atoms with Crippen LogP contribution in [0, 0.1) is 28.6 Å². The molecule has 9 atom stereocenters. The Morgan fingerprint density at radius 2 is 1.95 bits per heavy atom. The maximum Gasteiger partial charge on any atom is 0.573 e. The minimum absolute atomic E-state index is 0.0191. The Morgan fingerprint density at radius 3 is 2.63 bits per heavy atom. The minimum Gasteiger partial charge on any atom is -0.406 e. The van der Waals surface area contributed by atoms with E-state index in [1.165, 1.54) is 36.3 Å². The van der Waals surface area contributed by atoms with E-state index < -0.39 is 82.4 Å². The zero-order valence-corrected chi connectivity index (χ0v) is 22.3. The first-order chi connectivity index (χ1) is 19.1. The molecular formula is C29H30F5NO6. The second kappa shape index (κ2) is 8.84. The number of aliphatic hydroxyl groups excluding tert-OH is 2. The Hall–Kier alpha value is -2.83. The van der Waals surface area contributed by atoms with Crippen LogP contribution in [0.25, 0.3) is 0 Å². The number of hydrogen-bond donors (Lipinski definition) is 2. The lowest BCUT2D eigenvalue weighted by atomic mass is 9.44. The Labute approximate surface area is 232 Å². The quantitative estimate of drug-likeness (QED) is 0.514. The number of fused-ring (bicyclic) bond motifs is 7. The molecule has 12 heteroatoms. The molecule has 6 rings (SSSR count). The third-order valence-corrected chi connectivity index (χ3v) is 10.5. The molecule has 1 aromatic carbocycles. The molecule has 3 saturated carbocycles. The molecule has 1 heterocycles. The first-order valence-electron chi connectivity index (χ1n) is 13.5. The molecule has 0 aromatic heterocycles. The monoisotopic (exact) mass is 583 g/mol. The maximum absolute atomic E-state index is 17.4. The number of alkyl halides is 5. The number of benzene rings is 1. The van der Waals surface area contributed by atoms with Crippen LogP contribution in [0.15, 0.2) is 48.1 Å². The molecule has 1 aromatic rings. The number of ether oxygens (including phenoxy) is 1. The molecule has 7 nitrogen and oxygen atoms in total. The summed E-state index contributed by atoms with van der Waals surface area (Å²) in [6.07, 6.45) is -5.05. The van der Waals surface area contributed by atoms with E-state index in [1.54, 1.807) is 6.92 Å². The van der Waals surface area contributed by atoms with E-state index >= 15 is 8.78 Å². The van der Waals surface area contributed by atoms with Gasteiger partial charge >= 0.3 is 6.36 Å². The van der Waals surface area contributed by atoms with Crippen LogP contribution in [0.5, 0.6) is 5.75 Å². The first kappa shape index (κ1) is 28.3. The standard InChI is InChI=1S/C29H30F5NO6/c1-25-7-6-17(37)10-21(25)22(30)11-20-19-8-15-13-35(16-4-3-5-18(9-16)40-29(32,33)34)41-28(15,24(39)14-36)26(19,2)12-23(38)27(20,25)31/h3-7,9-10,15,19-20,22-23,36,38H,8,11-14H2,1-2H3/t15-,19-,20-,22-,23-,25-,26-,27-,28-/m0/s1. The summed E-state index contributed by atoms with van der Waals surface area (Å²) in [6.45, 7) is 2.24. The molecule has 222 valence electrons. The lowest BCUT2D eigenvalue weighted by Gasteiger charge is -2.63. The number of anilines is 1. The zero-order valence-electron chi connectivity index (χ0n) is 22.3. The van der Waals surface area contributed by atoms with Crippen molar-refractivity contribution in [3.63, 3.8) is 0 Å². The second-order valence-electron chi connectivity index (χ2n) is 12.3. The van der Waals surface area contributed by atoms with Gasteiger partial charge in [0.15, 0.2) is 22.8 Å². The third kappa shape index (κ3) is 3.65. The van der Waals surface area contributed by atoms with Crippen molar-refractivity contribution in [1.29, 1.82) is 0 Å². The van der Waals surface area contributed by atoms with E-state index in [2.05, 4.69) is 4.74 Å². The van der Waals surface area contributed by atoms with Crippen LogP contribution in [-0.2, 0) is 14.4 Å². The fourth-order valence-corrected chi connectivity index (χ4v) is 8.86. The van der Waals surface area contributed by atoms with E-state index in [0.29, 0.717) is 0 Å². The van der Waals surface area contributed by atoms with Gasteiger partial charge in [-0.25, -0.2) is 8.78 Å². The molecule has 1 saturated heterocycles. The van der Waals surface area contributed by atoms with Crippen LogP contribution in [-0.4, -0.2) is 64.8 Å². The van der Waals surface area contributed by atoms with Crippen molar-refractivity contribution in [2.75, 3.05) is 18.2 Å². The van der Waals surface area contributed by atoms with Crippen molar-refractivity contribution >= 4 is 17.3 Å². The maximum atomic E-state index is 17.4. The zero-order chi connectivity index (χ0) is 29.8. The van der Waals surface area contributed by atoms with Gasteiger partial charge in [-0.1, -0.05) is 19.1 Å². The summed E-state index contributed by atoms with van der Waals surface area (Å²) in [7, 11) is 0. The fraction of sp³-hybridized carbons (Fsp3) is 0.586. The van der Waals surface area contributed by atoms with Gasteiger partial charge in [-0.2, -0.15) is 0 Å². The highest BCUT2D eigenvalue weighted by Gasteiger charge is 2.79. The van der Waals surface area contributed by atoms with Gasteiger partial charge in [0, 0.05) is 28.7 Å². The summed E-state index contributed by atoms with van der Waals surface area (Å²) in [6, 6.07) is 5.03.